The van der Waals surface area contributed by atoms with Gasteiger partial charge in [0.25, 0.3) is 15.6 Å². The standard InChI is InChI=1S/2C36H75O4P.Zn/c2*1-3-5-7-9-11-13-15-17-19-21-23-25-27-29-31-33-35-39-41(37,38)40-36-34-32-30-28-26-24-22-20-18-16-14-12-10-8-6-4-2;/h2*3-36H2,1-2H3,(H,37,38);/q;;+2/p-2. The van der Waals surface area contributed by atoms with E-state index in [4.69, 9.17) is 18.1 Å². The molecule has 11 heteroatoms. The summed E-state index contributed by atoms with van der Waals surface area (Å²) in [6.45, 7) is 10.2. The van der Waals surface area contributed by atoms with Crippen LogP contribution in [0.1, 0.15) is 439 Å². The summed E-state index contributed by atoms with van der Waals surface area (Å²) in [6, 6.07) is 0. The van der Waals surface area contributed by atoms with Gasteiger partial charge in [0.1, 0.15) is 0 Å². The first-order valence-corrected chi connectivity index (χ1v) is 40.4. The van der Waals surface area contributed by atoms with Crippen LogP contribution in [0.2, 0.25) is 0 Å². The molecular formula is C72H148O8P2Zn. The second-order valence-electron chi connectivity index (χ2n) is 25.4. The number of rotatable bonds is 72. The van der Waals surface area contributed by atoms with Crippen LogP contribution in [-0.4, -0.2) is 26.4 Å². The van der Waals surface area contributed by atoms with Gasteiger partial charge in [-0.1, -0.05) is 413 Å². The van der Waals surface area contributed by atoms with E-state index in [1.165, 1.54) is 360 Å². The first kappa shape index (κ1) is 88.0. The number of unbranched alkanes of at least 4 members (excludes halogenated alkanes) is 60. The van der Waals surface area contributed by atoms with Crippen LogP contribution in [0.25, 0.3) is 0 Å². The van der Waals surface area contributed by atoms with Gasteiger partial charge in [-0.25, -0.2) is 0 Å². The third kappa shape index (κ3) is 82.8. The molecule has 0 N–H and O–H groups in total. The van der Waals surface area contributed by atoms with Crippen molar-refractivity contribution in [3.05, 3.63) is 0 Å². The summed E-state index contributed by atoms with van der Waals surface area (Å²) in [7, 11) is -8.24. The monoisotopic (exact) mass is 1270 g/mol. The van der Waals surface area contributed by atoms with Crippen LogP contribution >= 0.6 is 15.6 Å². The molecule has 0 aliphatic rings. The summed E-state index contributed by atoms with van der Waals surface area (Å²) in [5.41, 5.74) is 0. The molecule has 0 saturated heterocycles. The Morgan fingerprint density at radius 3 is 0.361 bits per heavy atom. The Morgan fingerprint density at radius 2 is 0.265 bits per heavy atom. The summed E-state index contributed by atoms with van der Waals surface area (Å²) in [4.78, 5) is 23.9. The van der Waals surface area contributed by atoms with E-state index in [2.05, 4.69) is 27.7 Å². The summed E-state index contributed by atoms with van der Waals surface area (Å²) >= 11 is 0. The molecule has 0 atom stereocenters. The predicted octanol–water partition coefficient (Wildman–Crippen LogP) is 26.0. The third-order valence-electron chi connectivity index (χ3n) is 17.0. The maximum Gasteiger partial charge on any atom is 2.00 e. The molecule has 0 spiro atoms. The van der Waals surface area contributed by atoms with Gasteiger partial charge in [0.05, 0.1) is 26.4 Å². The molecule has 0 saturated carbocycles. The van der Waals surface area contributed by atoms with E-state index in [1.54, 1.807) is 0 Å². The van der Waals surface area contributed by atoms with E-state index < -0.39 is 15.6 Å². The van der Waals surface area contributed by atoms with E-state index in [0.29, 0.717) is 0 Å². The smallest absolute Gasteiger partial charge is 0.756 e. The van der Waals surface area contributed by atoms with Gasteiger partial charge in [0.15, 0.2) is 0 Å². The molecule has 0 fully saturated rings. The van der Waals surface area contributed by atoms with Crippen molar-refractivity contribution in [1.82, 2.24) is 0 Å². The fourth-order valence-electron chi connectivity index (χ4n) is 11.4. The molecule has 0 aromatic heterocycles. The van der Waals surface area contributed by atoms with Crippen molar-refractivity contribution in [3.63, 3.8) is 0 Å². The van der Waals surface area contributed by atoms with Crippen LogP contribution in [-0.2, 0) is 46.7 Å². The molecule has 0 rings (SSSR count). The average molecular weight is 1270 g/mol. The SMILES string of the molecule is CCCCCCCCCCCCCCCCCCOP(=O)([O-])OCCCCCCCCCCCCCCCCCC.CCCCCCCCCCCCCCCCCCOP(=O)([O-])OCCCCCCCCCCCCCCCCCC.[Zn+2]. The van der Waals surface area contributed by atoms with Crippen LogP contribution < -0.4 is 9.79 Å². The van der Waals surface area contributed by atoms with Gasteiger partial charge < -0.3 is 27.9 Å². The molecule has 0 amide bonds. The quantitative estimate of drug-likeness (QED) is 0.0336. The third-order valence-corrected chi connectivity index (χ3v) is 19.0. The number of phosphoric ester groups is 2. The van der Waals surface area contributed by atoms with Crippen LogP contribution in [0.3, 0.4) is 0 Å². The van der Waals surface area contributed by atoms with Gasteiger partial charge in [-0.3, -0.25) is 9.13 Å². The Labute approximate surface area is 534 Å². The Balaban J connectivity index is -0.00000152. The Bertz CT molecular complexity index is 1070. The summed E-state index contributed by atoms with van der Waals surface area (Å²) < 4.78 is 44.1. The van der Waals surface area contributed by atoms with Crippen molar-refractivity contribution in [1.29, 1.82) is 0 Å². The summed E-state index contributed by atoms with van der Waals surface area (Å²) in [5, 5.41) is 0. The van der Waals surface area contributed by atoms with Gasteiger partial charge in [-0.15, -0.1) is 0 Å². The van der Waals surface area contributed by atoms with Gasteiger partial charge in [-0.05, 0) is 25.7 Å². The molecular weight excluding hydrogens is 1120 g/mol. The molecule has 0 aliphatic heterocycles. The minimum Gasteiger partial charge on any atom is -0.756 e. The van der Waals surface area contributed by atoms with E-state index in [0.717, 1.165) is 51.4 Å². The van der Waals surface area contributed by atoms with E-state index >= 15 is 0 Å². The maximum atomic E-state index is 11.9. The molecule has 0 aromatic carbocycles. The van der Waals surface area contributed by atoms with Crippen LogP contribution in [0.5, 0.6) is 0 Å². The van der Waals surface area contributed by atoms with Crippen molar-refractivity contribution in [2.24, 2.45) is 0 Å². The van der Waals surface area contributed by atoms with E-state index in [9.17, 15) is 18.9 Å². The van der Waals surface area contributed by atoms with Crippen LogP contribution in [0.15, 0.2) is 0 Å². The largest absolute Gasteiger partial charge is 2.00 e. The minimum absolute atomic E-state index is 0. The molecule has 0 heterocycles. The number of phosphoric acid groups is 2. The minimum atomic E-state index is -4.12. The fraction of sp³-hybridized carbons (Fsp3) is 1.00. The maximum absolute atomic E-state index is 11.9. The van der Waals surface area contributed by atoms with Gasteiger partial charge in [0.2, 0.25) is 0 Å². The second-order valence-corrected chi connectivity index (χ2v) is 28.3. The van der Waals surface area contributed by atoms with Crippen LogP contribution in [0, 0.1) is 0 Å². The molecule has 0 aliphatic carbocycles. The first-order chi connectivity index (χ1) is 40.2. The van der Waals surface area contributed by atoms with Crippen molar-refractivity contribution in [2.75, 3.05) is 26.4 Å². The van der Waals surface area contributed by atoms with Crippen molar-refractivity contribution < 1.29 is 56.5 Å². The second kappa shape index (κ2) is 77.1. The molecule has 0 radical (unpaired) electrons. The van der Waals surface area contributed by atoms with Crippen molar-refractivity contribution in [2.45, 2.75) is 439 Å². The van der Waals surface area contributed by atoms with Crippen LogP contribution in [0.4, 0.5) is 0 Å². The summed E-state index contributed by atoms with van der Waals surface area (Å²) in [6.07, 6.45) is 83.7. The molecule has 0 aromatic rings. The van der Waals surface area contributed by atoms with Gasteiger partial charge in [0, 0.05) is 0 Å². The fourth-order valence-corrected chi connectivity index (χ4v) is 12.9. The Kier molecular flexibility index (Phi) is 81.8. The predicted molar refractivity (Wildman–Crippen MR) is 357 cm³/mol. The number of hydrogen-bond acceptors (Lipinski definition) is 8. The Hall–Kier alpha value is 0.843. The molecule has 496 valence electrons. The average Bonchev–Trinajstić information content (AvgIpc) is 3.46. The molecule has 0 unspecified atom stereocenters. The molecule has 0 bridgehead atoms. The zero-order valence-electron chi connectivity index (χ0n) is 57.0. The molecule has 8 nitrogen and oxygen atoms in total. The Morgan fingerprint density at radius 1 is 0.181 bits per heavy atom. The van der Waals surface area contributed by atoms with Crippen molar-refractivity contribution in [3.8, 4) is 0 Å². The zero-order valence-corrected chi connectivity index (χ0v) is 61.7. The van der Waals surface area contributed by atoms with Gasteiger partial charge in [-0.2, -0.15) is 0 Å². The van der Waals surface area contributed by atoms with E-state index in [-0.39, 0.29) is 45.9 Å². The topological polar surface area (TPSA) is 117 Å². The summed E-state index contributed by atoms with van der Waals surface area (Å²) in [5.74, 6) is 0. The van der Waals surface area contributed by atoms with E-state index in [1.807, 2.05) is 0 Å². The molecule has 83 heavy (non-hydrogen) atoms. The van der Waals surface area contributed by atoms with Gasteiger partial charge >= 0.3 is 19.5 Å². The normalized spacial score (nSPS) is 11.8. The first-order valence-electron chi connectivity index (χ1n) is 37.4. The number of hydrogen-bond donors (Lipinski definition) is 0. The zero-order chi connectivity index (χ0) is 59.9. The van der Waals surface area contributed by atoms with Crippen molar-refractivity contribution >= 4 is 15.6 Å².